The molecular formula is C13H19BrN2O. The van der Waals surface area contributed by atoms with Crippen LogP contribution in [0.5, 0.6) is 0 Å². The summed E-state index contributed by atoms with van der Waals surface area (Å²) in [6.07, 6.45) is 2.28. The second kappa shape index (κ2) is 7.45. The van der Waals surface area contributed by atoms with Crippen molar-refractivity contribution >= 4 is 21.8 Å². The van der Waals surface area contributed by atoms with Gasteiger partial charge < -0.3 is 10.2 Å². The minimum Gasteiger partial charge on any atom is -0.339 e. The highest BCUT2D eigenvalue weighted by Gasteiger charge is 2.18. The molecule has 2 rings (SSSR count). The molecule has 1 amide bonds. The Bertz CT molecular complexity index is 345. The fourth-order valence-electron chi connectivity index (χ4n) is 1.70. The van der Waals surface area contributed by atoms with Crippen molar-refractivity contribution in [2.75, 3.05) is 27.2 Å². The maximum Gasteiger partial charge on any atom is 0.253 e. The molecule has 1 aliphatic rings. The van der Waals surface area contributed by atoms with Crippen LogP contribution in [0.3, 0.4) is 0 Å². The molecule has 4 heteroatoms. The summed E-state index contributed by atoms with van der Waals surface area (Å²) in [6.45, 7) is 1.82. The van der Waals surface area contributed by atoms with Crippen LogP contribution in [0.1, 0.15) is 23.2 Å². The van der Waals surface area contributed by atoms with Gasteiger partial charge in [-0.05, 0) is 51.2 Å². The van der Waals surface area contributed by atoms with Gasteiger partial charge in [0.1, 0.15) is 0 Å². The molecule has 1 aromatic rings. The van der Waals surface area contributed by atoms with Gasteiger partial charge in [0, 0.05) is 23.1 Å². The second-order valence-corrected chi connectivity index (χ2v) is 4.92. The standard InChI is InChI=1S/C11H12BrNO.C2H7N/c12-10-5-3-9(4-6-10)11(14)13-7-1-2-8-13;1-3-2/h3-6H,1-2,7-8H2;3H,1-2H3. The fraction of sp³-hybridized carbons (Fsp3) is 0.462. The van der Waals surface area contributed by atoms with Crippen LogP contribution in [-0.2, 0) is 0 Å². The van der Waals surface area contributed by atoms with Crippen molar-refractivity contribution < 1.29 is 4.79 Å². The van der Waals surface area contributed by atoms with E-state index in [1.807, 2.05) is 43.3 Å². The summed E-state index contributed by atoms with van der Waals surface area (Å²) in [4.78, 5) is 13.8. The van der Waals surface area contributed by atoms with Gasteiger partial charge in [0.15, 0.2) is 0 Å². The van der Waals surface area contributed by atoms with Gasteiger partial charge in [-0.1, -0.05) is 15.9 Å². The highest BCUT2D eigenvalue weighted by Crippen LogP contribution is 2.15. The van der Waals surface area contributed by atoms with E-state index in [1.165, 1.54) is 0 Å². The van der Waals surface area contributed by atoms with E-state index >= 15 is 0 Å². The molecule has 0 spiro atoms. The largest absolute Gasteiger partial charge is 0.339 e. The van der Waals surface area contributed by atoms with Crippen molar-refractivity contribution in [3.8, 4) is 0 Å². The van der Waals surface area contributed by atoms with E-state index in [1.54, 1.807) is 0 Å². The number of benzene rings is 1. The first kappa shape index (κ1) is 14.2. The Hall–Kier alpha value is -0.870. The minimum atomic E-state index is 0.162. The van der Waals surface area contributed by atoms with Crippen LogP contribution in [0, 0.1) is 0 Å². The van der Waals surface area contributed by atoms with Gasteiger partial charge in [0.2, 0.25) is 0 Å². The Kier molecular flexibility index (Phi) is 6.22. The minimum absolute atomic E-state index is 0.162. The molecule has 0 atom stereocenters. The lowest BCUT2D eigenvalue weighted by Gasteiger charge is -2.14. The lowest BCUT2D eigenvalue weighted by molar-refractivity contribution is 0.0793. The van der Waals surface area contributed by atoms with E-state index in [0.717, 1.165) is 36.0 Å². The number of amides is 1. The van der Waals surface area contributed by atoms with Crippen molar-refractivity contribution in [2.24, 2.45) is 0 Å². The van der Waals surface area contributed by atoms with Crippen molar-refractivity contribution in [2.45, 2.75) is 12.8 Å². The van der Waals surface area contributed by atoms with Crippen LogP contribution in [-0.4, -0.2) is 38.0 Å². The number of nitrogens with zero attached hydrogens (tertiary/aromatic N) is 1. The zero-order valence-corrected chi connectivity index (χ0v) is 12.0. The summed E-state index contributed by atoms with van der Waals surface area (Å²) in [5, 5.41) is 2.75. The van der Waals surface area contributed by atoms with Crippen LogP contribution in [0.15, 0.2) is 28.7 Å². The molecule has 17 heavy (non-hydrogen) atoms. The Morgan fingerprint density at radius 3 is 2.12 bits per heavy atom. The predicted molar refractivity (Wildman–Crippen MR) is 74.3 cm³/mol. The summed E-state index contributed by atoms with van der Waals surface area (Å²) in [5.74, 6) is 0.162. The molecule has 3 nitrogen and oxygen atoms in total. The molecule has 94 valence electrons. The second-order valence-electron chi connectivity index (χ2n) is 4.01. The number of hydrogen-bond donors (Lipinski definition) is 1. The van der Waals surface area contributed by atoms with Gasteiger partial charge in [-0.3, -0.25) is 4.79 Å². The molecule has 0 aromatic heterocycles. The number of likely N-dealkylation sites (tertiary alicyclic amines) is 1. The average Bonchev–Trinajstić information content (AvgIpc) is 2.83. The summed E-state index contributed by atoms with van der Waals surface area (Å²) < 4.78 is 1.01. The maximum atomic E-state index is 11.9. The highest BCUT2D eigenvalue weighted by molar-refractivity contribution is 9.10. The first-order valence-electron chi connectivity index (χ1n) is 5.82. The van der Waals surface area contributed by atoms with Crippen molar-refractivity contribution in [3.63, 3.8) is 0 Å². The first-order chi connectivity index (χ1) is 8.19. The smallest absolute Gasteiger partial charge is 0.253 e. The molecule has 0 aliphatic carbocycles. The van der Waals surface area contributed by atoms with Gasteiger partial charge in [-0.15, -0.1) is 0 Å². The summed E-state index contributed by atoms with van der Waals surface area (Å²) in [5.41, 5.74) is 0.787. The molecule has 0 bridgehead atoms. The van der Waals surface area contributed by atoms with Gasteiger partial charge >= 0.3 is 0 Å². The molecule has 1 saturated heterocycles. The molecule has 1 heterocycles. The number of halogens is 1. The summed E-state index contributed by atoms with van der Waals surface area (Å²) in [6, 6.07) is 7.54. The van der Waals surface area contributed by atoms with Crippen LogP contribution < -0.4 is 5.32 Å². The van der Waals surface area contributed by atoms with Crippen molar-refractivity contribution in [3.05, 3.63) is 34.3 Å². The first-order valence-corrected chi connectivity index (χ1v) is 6.61. The zero-order chi connectivity index (χ0) is 12.7. The molecule has 0 unspecified atom stereocenters. The average molecular weight is 299 g/mol. The topological polar surface area (TPSA) is 32.3 Å². The van der Waals surface area contributed by atoms with Gasteiger partial charge in [-0.2, -0.15) is 0 Å². The van der Waals surface area contributed by atoms with E-state index in [2.05, 4.69) is 21.2 Å². The van der Waals surface area contributed by atoms with E-state index in [-0.39, 0.29) is 5.91 Å². The van der Waals surface area contributed by atoms with E-state index < -0.39 is 0 Å². The lowest BCUT2D eigenvalue weighted by Crippen LogP contribution is -2.27. The van der Waals surface area contributed by atoms with Crippen LogP contribution in [0.25, 0.3) is 0 Å². The quantitative estimate of drug-likeness (QED) is 0.864. The Labute approximate surface area is 111 Å². The summed E-state index contributed by atoms with van der Waals surface area (Å²) in [7, 11) is 3.75. The number of rotatable bonds is 1. The molecule has 0 saturated carbocycles. The number of nitrogens with one attached hydrogen (secondary N) is 1. The van der Waals surface area contributed by atoms with Crippen molar-refractivity contribution in [1.82, 2.24) is 10.2 Å². The summed E-state index contributed by atoms with van der Waals surface area (Å²) >= 11 is 3.35. The Morgan fingerprint density at radius 2 is 1.65 bits per heavy atom. The molecule has 1 aromatic carbocycles. The normalized spacial score (nSPS) is 14.2. The zero-order valence-electron chi connectivity index (χ0n) is 10.4. The molecule has 1 aliphatic heterocycles. The van der Waals surface area contributed by atoms with Gasteiger partial charge in [-0.25, -0.2) is 0 Å². The number of hydrogen-bond acceptors (Lipinski definition) is 2. The van der Waals surface area contributed by atoms with E-state index in [0.29, 0.717) is 0 Å². The highest BCUT2D eigenvalue weighted by atomic mass is 79.9. The number of carbonyl (C=O) groups excluding carboxylic acids is 1. The maximum absolute atomic E-state index is 11.9. The monoisotopic (exact) mass is 298 g/mol. The van der Waals surface area contributed by atoms with Gasteiger partial charge in [0.05, 0.1) is 0 Å². The molecule has 1 fully saturated rings. The molecular weight excluding hydrogens is 280 g/mol. The Balaban J connectivity index is 0.000000437. The fourth-order valence-corrected chi connectivity index (χ4v) is 1.96. The predicted octanol–water partition coefficient (Wildman–Crippen LogP) is 2.52. The van der Waals surface area contributed by atoms with E-state index in [4.69, 9.17) is 0 Å². The van der Waals surface area contributed by atoms with Crippen LogP contribution >= 0.6 is 15.9 Å². The number of carbonyl (C=O) groups is 1. The molecule has 1 N–H and O–H groups in total. The van der Waals surface area contributed by atoms with Gasteiger partial charge in [0.25, 0.3) is 5.91 Å². The van der Waals surface area contributed by atoms with Crippen LogP contribution in [0.2, 0.25) is 0 Å². The third-order valence-electron chi connectivity index (χ3n) is 2.48. The van der Waals surface area contributed by atoms with Crippen LogP contribution in [0.4, 0.5) is 0 Å². The third-order valence-corrected chi connectivity index (χ3v) is 3.01. The van der Waals surface area contributed by atoms with Crippen molar-refractivity contribution in [1.29, 1.82) is 0 Å². The lowest BCUT2D eigenvalue weighted by atomic mass is 10.2. The third kappa shape index (κ3) is 4.48. The molecule has 0 radical (unpaired) electrons. The SMILES string of the molecule is CNC.O=C(c1ccc(Br)cc1)N1CCCC1. The van der Waals surface area contributed by atoms with E-state index in [9.17, 15) is 4.79 Å². The Morgan fingerprint density at radius 1 is 1.18 bits per heavy atom.